The van der Waals surface area contributed by atoms with Gasteiger partial charge in [-0.1, -0.05) is 106 Å². The molecule has 1 aliphatic rings. The molecule has 3 aromatic carbocycles. The minimum absolute atomic E-state index is 0.0884. The molecule has 4 rings (SSSR count). The summed E-state index contributed by atoms with van der Waals surface area (Å²) >= 11 is 0. The molecular formula is C30H34N2O. The van der Waals surface area contributed by atoms with Crippen LogP contribution in [0.15, 0.2) is 91.0 Å². The van der Waals surface area contributed by atoms with Crippen LogP contribution in [0.3, 0.4) is 0 Å². The van der Waals surface area contributed by atoms with Gasteiger partial charge in [-0.15, -0.1) is 0 Å². The SMILES string of the molecule is CC(C)(C)c1ccc(/C=C/C(=O)N2CCN(C(c3ccccc3)c3ccccc3)CC2)cc1. The van der Waals surface area contributed by atoms with E-state index in [1.54, 1.807) is 6.08 Å². The van der Waals surface area contributed by atoms with E-state index in [2.05, 4.69) is 111 Å². The highest BCUT2D eigenvalue weighted by molar-refractivity contribution is 5.91. The Morgan fingerprint density at radius 1 is 0.758 bits per heavy atom. The van der Waals surface area contributed by atoms with Crippen molar-refractivity contribution in [3.05, 3.63) is 113 Å². The van der Waals surface area contributed by atoms with Gasteiger partial charge in [-0.25, -0.2) is 0 Å². The summed E-state index contributed by atoms with van der Waals surface area (Å²) in [5.41, 5.74) is 5.08. The lowest BCUT2D eigenvalue weighted by Crippen LogP contribution is -2.49. The van der Waals surface area contributed by atoms with Gasteiger partial charge in [0.15, 0.2) is 0 Å². The lowest BCUT2D eigenvalue weighted by atomic mass is 9.87. The lowest BCUT2D eigenvalue weighted by molar-refractivity contribution is -0.127. The molecule has 3 aromatic rings. The molecule has 0 unspecified atom stereocenters. The maximum Gasteiger partial charge on any atom is 0.246 e. The van der Waals surface area contributed by atoms with E-state index < -0.39 is 0 Å². The van der Waals surface area contributed by atoms with Crippen molar-refractivity contribution in [2.45, 2.75) is 32.2 Å². The minimum atomic E-state index is 0.0884. The summed E-state index contributed by atoms with van der Waals surface area (Å²) in [6.45, 7) is 9.82. The van der Waals surface area contributed by atoms with Crippen LogP contribution < -0.4 is 0 Å². The van der Waals surface area contributed by atoms with Crippen LogP contribution in [-0.4, -0.2) is 41.9 Å². The first-order chi connectivity index (χ1) is 15.9. The van der Waals surface area contributed by atoms with Crippen LogP contribution in [0, 0.1) is 0 Å². The summed E-state index contributed by atoms with van der Waals surface area (Å²) in [6.07, 6.45) is 3.64. The van der Waals surface area contributed by atoms with Gasteiger partial charge in [-0.3, -0.25) is 9.69 Å². The van der Waals surface area contributed by atoms with Gasteiger partial charge in [0.2, 0.25) is 5.91 Å². The van der Waals surface area contributed by atoms with E-state index in [1.807, 2.05) is 11.0 Å². The van der Waals surface area contributed by atoms with E-state index in [9.17, 15) is 4.79 Å². The lowest BCUT2D eigenvalue weighted by Gasteiger charge is -2.39. The van der Waals surface area contributed by atoms with Crippen molar-refractivity contribution in [2.75, 3.05) is 26.2 Å². The highest BCUT2D eigenvalue weighted by atomic mass is 16.2. The average Bonchev–Trinajstić information content (AvgIpc) is 2.84. The number of hydrogen-bond donors (Lipinski definition) is 0. The van der Waals surface area contributed by atoms with Crippen molar-refractivity contribution in [1.29, 1.82) is 0 Å². The molecule has 0 bridgehead atoms. The third kappa shape index (κ3) is 5.80. The number of hydrogen-bond acceptors (Lipinski definition) is 2. The van der Waals surface area contributed by atoms with Gasteiger partial charge in [0.1, 0.15) is 0 Å². The van der Waals surface area contributed by atoms with Crippen LogP contribution in [0.1, 0.15) is 49.1 Å². The Bertz CT molecular complexity index is 1020. The van der Waals surface area contributed by atoms with Crippen LogP contribution in [0.25, 0.3) is 6.08 Å². The summed E-state index contributed by atoms with van der Waals surface area (Å²) in [5.74, 6) is 0.0884. The first-order valence-corrected chi connectivity index (χ1v) is 11.8. The van der Waals surface area contributed by atoms with Gasteiger partial charge in [-0.05, 0) is 33.7 Å². The Labute approximate surface area is 198 Å². The molecule has 1 heterocycles. The Morgan fingerprint density at radius 2 is 1.27 bits per heavy atom. The largest absolute Gasteiger partial charge is 0.337 e. The zero-order chi connectivity index (χ0) is 23.3. The van der Waals surface area contributed by atoms with Crippen molar-refractivity contribution >= 4 is 12.0 Å². The van der Waals surface area contributed by atoms with E-state index in [4.69, 9.17) is 0 Å². The first-order valence-electron chi connectivity index (χ1n) is 11.8. The van der Waals surface area contributed by atoms with Gasteiger partial charge in [0.05, 0.1) is 6.04 Å². The second-order valence-corrected chi connectivity index (χ2v) is 9.79. The first kappa shape index (κ1) is 23.0. The van der Waals surface area contributed by atoms with Crippen molar-refractivity contribution in [3.8, 4) is 0 Å². The molecular weight excluding hydrogens is 404 g/mol. The smallest absolute Gasteiger partial charge is 0.246 e. The molecule has 0 radical (unpaired) electrons. The number of rotatable bonds is 5. The maximum absolute atomic E-state index is 12.8. The summed E-state index contributed by atoms with van der Waals surface area (Å²) in [7, 11) is 0. The molecule has 1 amide bonds. The molecule has 33 heavy (non-hydrogen) atoms. The van der Waals surface area contributed by atoms with Gasteiger partial charge in [0.25, 0.3) is 0 Å². The topological polar surface area (TPSA) is 23.6 Å². The number of piperazine rings is 1. The fraction of sp³-hybridized carbons (Fsp3) is 0.300. The zero-order valence-corrected chi connectivity index (χ0v) is 19.9. The Kier molecular flexibility index (Phi) is 7.10. The molecule has 1 saturated heterocycles. The van der Waals surface area contributed by atoms with Crippen LogP contribution in [0.5, 0.6) is 0 Å². The summed E-state index contributed by atoms with van der Waals surface area (Å²) < 4.78 is 0. The predicted molar refractivity (Wildman–Crippen MR) is 137 cm³/mol. The van der Waals surface area contributed by atoms with Crippen molar-refractivity contribution in [2.24, 2.45) is 0 Å². The molecule has 1 fully saturated rings. The minimum Gasteiger partial charge on any atom is -0.337 e. The highest BCUT2D eigenvalue weighted by Gasteiger charge is 2.27. The number of carbonyl (C=O) groups excluding carboxylic acids is 1. The van der Waals surface area contributed by atoms with Crippen LogP contribution in [0.2, 0.25) is 0 Å². The molecule has 0 N–H and O–H groups in total. The third-order valence-corrected chi connectivity index (χ3v) is 6.42. The van der Waals surface area contributed by atoms with E-state index in [1.165, 1.54) is 16.7 Å². The van der Waals surface area contributed by atoms with E-state index in [0.717, 1.165) is 31.7 Å². The molecule has 0 aliphatic carbocycles. The number of carbonyl (C=O) groups is 1. The standard InChI is InChI=1S/C30H34N2O/c1-30(2,3)27-17-14-24(15-18-27)16-19-28(33)31-20-22-32(23-21-31)29(25-10-6-4-7-11-25)26-12-8-5-9-13-26/h4-19,29H,20-23H2,1-3H3/b19-16+. The van der Waals surface area contributed by atoms with Crippen molar-refractivity contribution < 1.29 is 4.79 Å². The molecule has 0 atom stereocenters. The van der Waals surface area contributed by atoms with Crippen LogP contribution in [0.4, 0.5) is 0 Å². The summed E-state index contributed by atoms with van der Waals surface area (Å²) in [4.78, 5) is 17.3. The van der Waals surface area contributed by atoms with E-state index in [0.29, 0.717) is 0 Å². The second kappa shape index (κ2) is 10.2. The molecule has 1 aliphatic heterocycles. The van der Waals surface area contributed by atoms with Crippen molar-refractivity contribution in [3.63, 3.8) is 0 Å². The second-order valence-electron chi connectivity index (χ2n) is 9.79. The predicted octanol–water partition coefficient (Wildman–Crippen LogP) is 5.93. The fourth-order valence-corrected chi connectivity index (χ4v) is 4.45. The molecule has 3 heteroatoms. The molecule has 0 saturated carbocycles. The van der Waals surface area contributed by atoms with Crippen LogP contribution >= 0.6 is 0 Å². The van der Waals surface area contributed by atoms with Gasteiger partial charge in [0, 0.05) is 32.3 Å². The number of benzene rings is 3. The molecule has 0 spiro atoms. The summed E-state index contributed by atoms with van der Waals surface area (Å²) in [6, 6.07) is 30.0. The Morgan fingerprint density at radius 3 is 1.76 bits per heavy atom. The normalized spacial score (nSPS) is 15.3. The number of nitrogens with zero attached hydrogens (tertiary/aromatic N) is 2. The van der Waals surface area contributed by atoms with E-state index in [-0.39, 0.29) is 17.4 Å². The zero-order valence-electron chi connectivity index (χ0n) is 19.9. The Balaban J connectivity index is 1.40. The number of amides is 1. The third-order valence-electron chi connectivity index (χ3n) is 6.42. The molecule has 3 nitrogen and oxygen atoms in total. The monoisotopic (exact) mass is 438 g/mol. The Hall–Kier alpha value is -3.17. The van der Waals surface area contributed by atoms with Gasteiger partial charge >= 0.3 is 0 Å². The van der Waals surface area contributed by atoms with Crippen LogP contribution in [-0.2, 0) is 10.2 Å². The van der Waals surface area contributed by atoms with E-state index >= 15 is 0 Å². The van der Waals surface area contributed by atoms with Gasteiger partial charge < -0.3 is 4.90 Å². The quantitative estimate of drug-likeness (QED) is 0.461. The fourth-order valence-electron chi connectivity index (χ4n) is 4.45. The average molecular weight is 439 g/mol. The summed E-state index contributed by atoms with van der Waals surface area (Å²) in [5, 5.41) is 0. The van der Waals surface area contributed by atoms with Gasteiger partial charge in [-0.2, -0.15) is 0 Å². The molecule has 0 aromatic heterocycles. The van der Waals surface area contributed by atoms with Crippen molar-refractivity contribution in [1.82, 2.24) is 9.80 Å². The highest BCUT2D eigenvalue weighted by Crippen LogP contribution is 2.29. The molecule has 170 valence electrons. The maximum atomic E-state index is 12.8.